The third-order valence-corrected chi connectivity index (χ3v) is 3.20. The van der Waals surface area contributed by atoms with Gasteiger partial charge in [-0.3, -0.25) is 4.79 Å². The molecule has 0 aliphatic rings. The Morgan fingerprint density at radius 3 is 2.00 bits per heavy atom. The number of carbonyl (C=O) groups excluding carboxylic acids is 1. The summed E-state index contributed by atoms with van der Waals surface area (Å²) in [6, 6.07) is 13.6. The normalized spacial score (nSPS) is 10.5. The SMILES string of the molecule is O=C(CCCCO)c1ccc(-c2ccc(F)cc2)cc1. The molecule has 2 aromatic carbocycles. The zero-order valence-corrected chi connectivity index (χ0v) is 11.2. The third-order valence-electron chi connectivity index (χ3n) is 3.20. The Bertz CT molecular complexity index is 559. The first kappa shape index (κ1) is 14.4. The molecule has 0 saturated heterocycles. The predicted molar refractivity (Wildman–Crippen MR) is 77.1 cm³/mol. The lowest BCUT2D eigenvalue weighted by Gasteiger charge is -2.04. The minimum atomic E-state index is -0.260. The fourth-order valence-electron chi connectivity index (χ4n) is 2.03. The zero-order valence-electron chi connectivity index (χ0n) is 11.2. The van der Waals surface area contributed by atoms with Crippen molar-refractivity contribution in [2.24, 2.45) is 0 Å². The van der Waals surface area contributed by atoms with Crippen LogP contribution >= 0.6 is 0 Å². The zero-order chi connectivity index (χ0) is 14.4. The molecular formula is C17H17FO2. The molecule has 104 valence electrons. The van der Waals surface area contributed by atoms with Gasteiger partial charge in [0.1, 0.15) is 5.82 Å². The number of halogens is 1. The number of aliphatic hydroxyl groups is 1. The molecule has 2 nitrogen and oxygen atoms in total. The van der Waals surface area contributed by atoms with Crippen LogP contribution in [0.5, 0.6) is 0 Å². The van der Waals surface area contributed by atoms with Crippen LogP contribution in [0, 0.1) is 5.82 Å². The summed E-state index contributed by atoms with van der Waals surface area (Å²) in [7, 11) is 0. The van der Waals surface area contributed by atoms with Gasteiger partial charge in [-0.25, -0.2) is 4.39 Å². The Balaban J connectivity index is 2.06. The van der Waals surface area contributed by atoms with E-state index in [4.69, 9.17) is 5.11 Å². The average molecular weight is 272 g/mol. The monoisotopic (exact) mass is 272 g/mol. The van der Waals surface area contributed by atoms with Gasteiger partial charge in [0.05, 0.1) is 0 Å². The van der Waals surface area contributed by atoms with Crippen molar-refractivity contribution in [2.75, 3.05) is 6.61 Å². The van der Waals surface area contributed by atoms with Crippen LogP contribution in [0.1, 0.15) is 29.6 Å². The van der Waals surface area contributed by atoms with E-state index >= 15 is 0 Å². The summed E-state index contributed by atoms with van der Waals surface area (Å²) in [4.78, 5) is 11.9. The summed E-state index contributed by atoms with van der Waals surface area (Å²) in [5, 5.41) is 8.69. The molecule has 0 atom stereocenters. The van der Waals surface area contributed by atoms with E-state index in [1.807, 2.05) is 12.1 Å². The third kappa shape index (κ3) is 3.75. The highest BCUT2D eigenvalue weighted by molar-refractivity contribution is 5.96. The molecule has 20 heavy (non-hydrogen) atoms. The van der Waals surface area contributed by atoms with Gasteiger partial charge < -0.3 is 5.11 Å². The molecule has 0 heterocycles. The van der Waals surface area contributed by atoms with E-state index in [1.165, 1.54) is 12.1 Å². The van der Waals surface area contributed by atoms with E-state index in [2.05, 4.69) is 0 Å². The number of Topliss-reactive ketones (excluding diaryl/α,β-unsaturated/α-hetero) is 1. The highest BCUT2D eigenvalue weighted by Gasteiger charge is 2.06. The highest BCUT2D eigenvalue weighted by atomic mass is 19.1. The van der Waals surface area contributed by atoms with E-state index in [9.17, 15) is 9.18 Å². The van der Waals surface area contributed by atoms with Crippen LogP contribution in [-0.2, 0) is 0 Å². The van der Waals surface area contributed by atoms with Gasteiger partial charge in [-0.1, -0.05) is 36.4 Å². The number of aliphatic hydroxyl groups excluding tert-OH is 1. The molecule has 0 aliphatic carbocycles. The minimum absolute atomic E-state index is 0.0871. The molecule has 2 rings (SSSR count). The van der Waals surface area contributed by atoms with Gasteiger partial charge in [0.2, 0.25) is 0 Å². The molecule has 0 saturated carbocycles. The standard InChI is InChI=1S/C17H17FO2/c18-16-10-8-14(9-11-16)13-4-6-15(7-5-13)17(20)3-1-2-12-19/h4-11,19H,1-3,12H2. The number of unbranched alkanes of at least 4 members (excludes halogenated alkanes) is 1. The number of ketones is 1. The number of rotatable bonds is 6. The van der Waals surface area contributed by atoms with Crippen molar-refractivity contribution in [1.82, 2.24) is 0 Å². The molecule has 0 spiro atoms. The van der Waals surface area contributed by atoms with Crippen LogP contribution in [-0.4, -0.2) is 17.5 Å². The maximum Gasteiger partial charge on any atom is 0.162 e. The van der Waals surface area contributed by atoms with Gasteiger partial charge in [0.15, 0.2) is 5.78 Å². The predicted octanol–water partition coefficient (Wildman–Crippen LogP) is 3.84. The first-order valence-corrected chi connectivity index (χ1v) is 6.71. The largest absolute Gasteiger partial charge is 0.396 e. The second kappa shape index (κ2) is 6.96. The summed E-state index contributed by atoms with van der Waals surface area (Å²) >= 11 is 0. The first-order chi connectivity index (χ1) is 9.70. The molecule has 0 fully saturated rings. The molecule has 2 aromatic rings. The maximum atomic E-state index is 12.9. The molecule has 0 aliphatic heterocycles. The van der Waals surface area contributed by atoms with Crippen LogP contribution in [0.3, 0.4) is 0 Å². The summed E-state index contributed by atoms with van der Waals surface area (Å²) in [5.74, 6) is -0.173. The van der Waals surface area contributed by atoms with E-state index in [-0.39, 0.29) is 18.2 Å². The second-order valence-corrected chi connectivity index (χ2v) is 4.69. The van der Waals surface area contributed by atoms with Crippen molar-refractivity contribution in [3.8, 4) is 11.1 Å². The van der Waals surface area contributed by atoms with Crippen molar-refractivity contribution >= 4 is 5.78 Å². The highest BCUT2D eigenvalue weighted by Crippen LogP contribution is 2.20. The molecule has 3 heteroatoms. The van der Waals surface area contributed by atoms with E-state index in [1.54, 1.807) is 24.3 Å². The number of carbonyl (C=O) groups is 1. The Kier molecular flexibility index (Phi) is 5.02. The Morgan fingerprint density at radius 1 is 0.900 bits per heavy atom. The molecule has 0 unspecified atom stereocenters. The number of benzene rings is 2. The van der Waals surface area contributed by atoms with Gasteiger partial charge in [0, 0.05) is 18.6 Å². The topological polar surface area (TPSA) is 37.3 Å². The van der Waals surface area contributed by atoms with Crippen molar-refractivity contribution in [2.45, 2.75) is 19.3 Å². The second-order valence-electron chi connectivity index (χ2n) is 4.69. The van der Waals surface area contributed by atoms with Gasteiger partial charge in [-0.15, -0.1) is 0 Å². The minimum Gasteiger partial charge on any atom is -0.396 e. The smallest absolute Gasteiger partial charge is 0.162 e. The summed E-state index contributed by atoms with van der Waals surface area (Å²) in [5.41, 5.74) is 2.55. The van der Waals surface area contributed by atoms with Crippen LogP contribution < -0.4 is 0 Å². The molecule has 1 N–H and O–H groups in total. The first-order valence-electron chi connectivity index (χ1n) is 6.71. The number of hydrogen-bond donors (Lipinski definition) is 1. The Morgan fingerprint density at radius 2 is 1.45 bits per heavy atom. The van der Waals surface area contributed by atoms with Crippen LogP contribution in [0.15, 0.2) is 48.5 Å². The van der Waals surface area contributed by atoms with Crippen LogP contribution in [0.4, 0.5) is 4.39 Å². The molecule has 0 bridgehead atoms. The van der Waals surface area contributed by atoms with E-state index < -0.39 is 0 Å². The van der Waals surface area contributed by atoms with Gasteiger partial charge in [0.25, 0.3) is 0 Å². The fourth-order valence-corrected chi connectivity index (χ4v) is 2.03. The summed E-state index contributed by atoms with van der Waals surface area (Å²) < 4.78 is 12.9. The van der Waals surface area contributed by atoms with E-state index in [0.717, 1.165) is 11.1 Å². The van der Waals surface area contributed by atoms with Crippen molar-refractivity contribution in [3.63, 3.8) is 0 Å². The summed E-state index contributed by atoms with van der Waals surface area (Å²) in [6.45, 7) is 0.122. The van der Waals surface area contributed by atoms with Crippen LogP contribution in [0.25, 0.3) is 11.1 Å². The van der Waals surface area contributed by atoms with Gasteiger partial charge >= 0.3 is 0 Å². The van der Waals surface area contributed by atoms with Crippen molar-refractivity contribution in [1.29, 1.82) is 0 Å². The maximum absolute atomic E-state index is 12.9. The quantitative estimate of drug-likeness (QED) is 0.641. The lowest BCUT2D eigenvalue weighted by Crippen LogP contribution is -1.99. The molecule has 0 radical (unpaired) electrons. The molecule has 0 amide bonds. The molecular weight excluding hydrogens is 255 g/mol. The Hall–Kier alpha value is -2.00. The number of hydrogen-bond acceptors (Lipinski definition) is 2. The summed E-state index contributed by atoms with van der Waals surface area (Å²) in [6.07, 6.45) is 1.81. The lowest BCUT2D eigenvalue weighted by atomic mass is 10.0. The lowest BCUT2D eigenvalue weighted by molar-refractivity contribution is 0.0977. The van der Waals surface area contributed by atoms with Crippen LogP contribution in [0.2, 0.25) is 0 Å². The fraction of sp³-hybridized carbons (Fsp3) is 0.235. The van der Waals surface area contributed by atoms with E-state index in [0.29, 0.717) is 24.8 Å². The molecule has 0 aromatic heterocycles. The van der Waals surface area contributed by atoms with Crippen molar-refractivity contribution in [3.05, 3.63) is 59.9 Å². The Labute approximate surface area is 117 Å². The van der Waals surface area contributed by atoms with Crippen molar-refractivity contribution < 1.29 is 14.3 Å². The average Bonchev–Trinajstić information content (AvgIpc) is 2.48. The van der Waals surface area contributed by atoms with Gasteiger partial charge in [-0.2, -0.15) is 0 Å². The van der Waals surface area contributed by atoms with Gasteiger partial charge in [-0.05, 0) is 36.1 Å².